The second-order valence-corrected chi connectivity index (χ2v) is 6.70. The van der Waals surface area contributed by atoms with Crippen molar-refractivity contribution in [2.24, 2.45) is 0 Å². The molecule has 3 aromatic rings. The van der Waals surface area contributed by atoms with Crippen molar-refractivity contribution in [3.63, 3.8) is 0 Å². The van der Waals surface area contributed by atoms with Gasteiger partial charge in [-0.15, -0.1) is 21.8 Å². The fraction of sp³-hybridized carbons (Fsp3) is 0.0667. The molecular formula is C15H9BrClFN2S. The molecule has 0 aliphatic carbocycles. The van der Waals surface area contributed by atoms with Crippen LogP contribution in [0.3, 0.4) is 0 Å². The molecule has 0 bridgehead atoms. The number of alkyl halides is 1. The summed E-state index contributed by atoms with van der Waals surface area (Å²) in [4.78, 5) is 0. The smallest absolute Gasteiger partial charge is 0.150 e. The van der Waals surface area contributed by atoms with E-state index in [1.165, 1.54) is 17.4 Å². The Hall–Kier alpha value is -1.30. The van der Waals surface area contributed by atoms with Crippen LogP contribution in [0, 0.1) is 5.82 Å². The lowest BCUT2D eigenvalue weighted by atomic mass is 10.1. The molecule has 0 aliphatic heterocycles. The maximum Gasteiger partial charge on any atom is 0.150 e. The molecule has 6 heteroatoms. The zero-order valence-electron chi connectivity index (χ0n) is 10.6. The molecule has 0 saturated heterocycles. The Balaban J connectivity index is 1.93. The standard InChI is InChI=1S/C15H9BrClFN2S/c16-10-6-7-11(12(18)8-10)14-19-20-15(21-14)13(17)9-4-2-1-3-5-9/h1-8,13H. The van der Waals surface area contributed by atoms with Gasteiger partial charge in [-0.1, -0.05) is 57.6 Å². The van der Waals surface area contributed by atoms with Gasteiger partial charge >= 0.3 is 0 Å². The Morgan fingerprint density at radius 3 is 2.57 bits per heavy atom. The van der Waals surface area contributed by atoms with Crippen molar-refractivity contribution in [2.45, 2.75) is 5.38 Å². The van der Waals surface area contributed by atoms with Crippen LogP contribution in [0.15, 0.2) is 53.0 Å². The second kappa shape index (κ2) is 6.22. The maximum atomic E-state index is 13.9. The van der Waals surface area contributed by atoms with Crippen LogP contribution in [-0.2, 0) is 0 Å². The summed E-state index contributed by atoms with van der Waals surface area (Å²) in [5.74, 6) is -0.335. The highest BCUT2D eigenvalue weighted by Gasteiger charge is 2.18. The van der Waals surface area contributed by atoms with Crippen LogP contribution in [0.2, 0.25) is 0 Å². The van der Waals surface area contributed by atoms with Crippen LogP contribution in [0.4, 0.5) is 4.39 Å². The largest absolute Gasteiger partial charge is 0.206 e. The lowest BCUT2D eigenvalue weighted by molar-refractivity contribution is 0.630. The third-order valence-corrected chi connectivity index (χ3v) is 5.01. The lowest BCUT2D eigenvalue weighted by Crippen LogP contribution is -1.91. The normalized spacial score (nSPS) is 12.3. The van der Waals surface area contributed by atoms with E-state index in [0.29, 0.717) is 20.1 Å². The van der Waals surface area contributed by atoms with E-state index < -0.39 is 0 Å². The number of halogens is 3. The van der Waals surface area contributed by atoms with Crippen LogP contribution in [-0.4, -0.2) is 10.2 Å². The van der Waals surface area contributed by atoms with Gasteiger partial charge in [0.25, 0.3) is 0 Å². The van der Waals surface area contributed by atoms with Crippen LogP contribution < -0.4 is 0 Å². The number of benzene rings is 2. The van der Waals surface area contributed by atoms with Gasteiger partial charge in [-0.25, -0.2) is 4.39 Å². The molecule has 0 amide bonds. The monoisotopic (exact) mass is 382 g/mol. The SMILES string of the molecule is Fc1cc(Br)ccc1-c1nnc(C(Cl)c2ccccc2)s1. The molecule has 0 aliphatic rings. The topological polar surface area (TPSA) is 25.8 Å². The summed E-state index contributed by atoms with van der Waals surface area (Å²) in [5, 5.41) is 8.94. The Labute approximate surface area is 138 Å². The molecule has 0 spiro atoms. The maximum absolute atomic E-state index is 13.9. The summed E-state index contributed by atoms with van der Waals surface area (Å²) in [7, 11) is 0. The van der Waals surface area contributed by atoms with E-state index in [0.717, 1.165) is 5.56 Å². The van der Waals surface area contributed by atoms with E-state index >= 15 is 0 Å². The number of nitrogens with zero attached hydrogens (tertiary/aromatic N) is 2. The Kier molecular flexibility index (Phi) is 4.33. The number of aromatic nitrogens is 2. The first-order chi connectivity index (χ1) is 10.1. The minimum Gasteiger partial charge on any atom is -0.206 e. The van der Waals surface area contributed by atoms with Gasteiger partial charge in [-0.05, 0) is 23.8 Å². The molecule has 1 aromatic heterocycles. The van der Waals surface area contributed by atoms with Gasteiger partial charge in [0.15, 0.2) is 5.01 Å². The summed E-state index contributed by atoms with van der Waals surface area (Å²) >= 11 is 10.9. The highest BCUT2D eigenvalue weighted by molar-refractivity contribution is 9.10. The highest BCUT2D eigenvalue weighted by atomic mass is 79.9. The summed E-state index contributed by atoms with van der Waals surface area (Å²) in [6.45, 7) is 0. The number of hydrogen-bond donors (Lipinski definition) is 0. The number of hydrogen-bond acceptors (Lipinski definition) is 3. The van der Waals surface area contributed by atoms with Crippen molar-refractivity contribution in [3.05, 3.63) is 69.4 Å². The predicted molar refractivity (Wildman–Crippen MR) is 87.1 cm³/mol. The van der Waals surface area contributed by atoms with E-state index in [-0.39, 0.29) is 11.2 Å². The zero-order chi connectivity index (χ0) is 14.8. The lowest BCUT2D eigenvalue weighted by Gasteiger charge is -2.04. The highest BCUT2D eigenvalue weighted by Crippen LogP contribution is 2.35. The molecule has 21 heavy (non-hydrogen) atoms. The summed E-state index contributed by atoms with van der Waals surface area (Å²) in [6, 6.07) is 14.5. The summed E-state index contributed by atoms with van der Waals surface area (Å²) < 4.78 is 14.6. The van der Waals surface area contributed by atoms with Gasteiger partial charge in [0, 0.05) is 10.0 Å². The fourth-order valence-corrected chi connectivity index (χ4v) is 3.41. The van der Waals surface area contributed by atoms with E-state index in [2.05, 4.69) is 26.1 Å². The van der Waals surface area contributed by atoms with Gasteiger partial charge in [-0.3, -0.25) is 0 Å². The van der Waals surface area contributed by atoms with Crippen LogP contribution in [0.1, 0.15) is 15.9 Å². The first-order valence-electron chi connectivity index (χ1n) is 6.13. The van der Waals surface area contributed by atoms with Gasteiger partial charge < -0.3 is 0 Å². The minimum absolute atomic E-state index is 0.335. The van der Waals surface area contributed by atoms with E-state index in [4.69, 9.17) is 11.6 Å². The molecule has 0 fully saturated rings. The van der Waals surface area contributed by atoms with E-state index in [1.807, 2.05) is 30.3 Å². The summed E-state index contributed by atoms with van der Waals surface area (Å²) in [6.07, 6.45) is 0. The van der Waals surface area contributed by atoms with Crippen molar-refractivity contribution < 1.29 is 4.39 Å². The molecule has 106 valence electrons. The molecule has 3 rings (SSSR count). The van der Waals surface area contributed by atoms with Crippen molar-refractivity contribution >= 4 is 38.9 Å². The average molecular weight is 384 g/mol. The molecule has 2 aromatic carbocycles. The predicted octanol–water partition coefficient (Wildman–Crippen LogP) is 5.43. The molecule has 0 N–H and O–H groups in total. The molecule has 1 heterocycles. The van der Waals surface area contributed by atoms with Crippen molar-refractivity contribution in [2.75, 3.05) is 0 Å². The molecule has 1 unspecified atom stereocenters. The average Bonchev–Trinajstić information content (AvgIpc) is 2.97. The molecule has 0 radical (unpaired) electrons. The molecular weight excluding hydrogens is 375 g/mol. The van der Waals surface area contributed by atoms with Crippen molar-refractivity contribution in [3.8, 4) is 10.6 Å². The van der Waals surface area contributed by atoms with E-state index in [1.54, 1.807) is 12.1 Å². The minimum atomic E-state index is -0.379. The first kappa shape index (κ1) is 14.6. The fourth-order valence-electron chi connectivity index (χ4n) is 1.87. The van der Waals surface area contributed by atoms with Gasteiger partial charge in [0.2, 0.25) is 0 Å². The third kappa shape index (κ3) is 3.15. The Morgan fingerprint density at radius 2 is 1.86 bits per heavy atom. The van der Waals surface area contributed by atoms with Crippen LogP contribution in [0.5, 0.6) is 0 Å². The number of rotatable bonds is 3. The van der Waals surface area contributed by atoms with Gasteiger partial charge in [-0.2, -0.15) is 0 Å². The van der Waals surface area contributed by atoms with E-state index in [9.17, 15) is 4.39 Å². The molecule has 0 saturated carbocycles. The van der Waals surface area contributed by atoms with Crippen LogP contribution in [0.25, 0.3) is 10.6 Å². The van der Waals surface area contributed by atoms with Crippen LogP contribution >= 0.6 is 38.9 Å². The Bertz CT molecular complexity index is 763. The van der Waals surface area contributed by atoms with Crippen molar-refractivity contribution in [1.29, 1.82) is 0 Å². The second-order valence-electron chi connectivity index (χ2n) is 4.34. The third-order valence-electron chi connectivity index (χ3n) is 2.91. The molecule has 2 nitrogen and oxygen atoms in total. The quantitative estimate of drug-likeness (QED) is 0.563. The molecule has 1 atom stereocenters. The first-order valence-corrected chi connectivity index (χ1v) is 8.17. The summed E-state index contributed by atoms with van der Waals surface area (Å²) in [5.41, 5.74) is 1.37. The van der Waals surface area contributed by atoms with Gasteiger partial charge in [0.05, 0.1) is 0 Å². The van der Waals surface area contributed by atoms with Crippen molar-refractivity contribution in [1.82, 2.24) is 10.2 Å². The van der Waals surface area contributed by atoms with Gasteiger partial charge in [0.1, 0.15) is 16.2 Å². The Morgan fingerprint density at radius 1 is 1.10 bits per heavy atom. The zero-order valence-corrected chi connectivity index (χ0v) is 13.8.